The molecule has 11 aromatic rings. The third-order valence-corrected chi connectivity index (χ3v) is 13.4. The minimum absolute atomic E-state index is 0.0672. The fourth-order valence-corrected chi connectivity index (χ4v) is 10.3. The van der Waals surface area contributed by atoms with Crippen molar-refractivity contribution in [1.82, 2.24) is 14.1 Å². The molecule has 5 nitrogen and oxygen atoms in total. The van der Waals surface area contributed by atoms with E-state index in [1.165, 1.54) is 5.56 Å². The van der Waals surface area contributed by atoms with Gasteiger partial charge in [-0.3, -0.25) is 14.0 Å². The lowest BCUT2D eigenvalue weighted by Gasteiger charge is -2.24. The van der Waals surface area contributed by atoms with Gasteiger partial charge in [0.15, 0.2) is 0 Å². The van der Waals surface area contributed by atoms with Crippen LogP contribution in [0.4, 0.5) is 22.7 Å². The van der Waals surface area contributed by atoms with Gasteiger partial charge in [0.1, 0.15) is 17.3 Å². The van der Waals surface area contributed by atoms with Crippen molar-refractivity contribution >= 4 is 50.9 Å². The summed E-state index contributed by atoms with van der Waals surface area (Å²) in [5, 5.41) is 2.21. The Morgan fingerprint density at radius 1 is 0.507 bits per heavy atom. The molecule has 69 heavy (non-hydrogen) atoms. The molecular weight excluding hydrogens is 841 g/mol. The first-order valence-electron chi connectivity index (χ1n) is 25.7. The zero-order chi connectivity index (χ0) is 50.6. The first kappa shape index (κ1) is 35.4. The van der Waals surface area contributed by atoms with E-state index < -0.39 is 18.1 Å². The fraction of sp³-hybridized carbons (Fsp3) is 0.0625. The summed E-state index contributed by atoms with van der Waals surface area (Å²) in [5.74, 6) is 2.09. The van der Waals surface area contributed by atoms with Gasteiger partial charge >= 0.3 is 0 Å². The van der Waals surface area contributed by atoms with Crippen LogP contribution < -0.4 is 14.2 Å². The van der Waals surface area contributed by atoms with Gasteiger partial charge in [0.2, 0.25) is 0 Å². The van der Waals surface area contributed by atoms with E-state index in [2.05, 4.69) is 158 Å². The first-order chi connectivity index (χ1) is 35.9. The van der Waals surface area contributed by atoms with Crippen molar-refractivity contribution in [3.63, 3.8) is 0 Å². The number of aromatic nitrogens is 2. The van der Waals surface area contributed by atoms with Crippen molar-refractivity contribution in [1.29, 1.82) is 0 Å². The van der Waals surface area contributed by atoms with Crippen LogP contribution in [0.3, 0.4) is 0 Å². The van der Waals surface area contributed by atoms with E-state index in [1.54, 1.807) is 0 Å². The maximum Gasteiger partial charge on any atom is 0.270 e. The first-order valence-corrected chi connectivity index (χ1v) is 23.2. The number of nitrogens with zero attached hydrogens (tertiary/aromatic N) is 4. The average molecular weight is 892 g/mol. The predicted octanol–water partition coefficient (Wildman–Crippen LogP) is 16.8. The summed E-state index contributed by atoms with van der Waals surface area (Å²) in [7, 11) is 0. The quantitative estimate of drug-likeness (QED) is 0.127. The number of para-hydroxylation sites is 4. The molecule has 9 aromatic carbocycles. The number of hydrogen-bond acceptors (Lipinski definition) is 3. The molecule has 0 radical (unpaired) electrons. The summed E-state index contributed by atoms with van der Waals surface area (Å²) in [6.45, 7) is 6.64. The smallest absolute Gasteiger partial charge is 0.270 e. The summed E-state index contributed by atoms with van der Waals surface area (Å²) in [4.78, 5) is 6.94. The van der Waals surface area contributed by atoms with Crippen LogP contribution in [-0.2, 0) is 5.41 Å². The molecule has 0 atom stereocenters. The molecule has 0 N–H and O–H groups in total. The Bertz CT molecular complexity index is 4160. The molecule has 0 saturated heterocycles. The second-order valence-electron chi connectivity index (χ2n) is 18.6. The van der Waals surface area contributed by atoms with Crippen LogP contribution in [0, 0.1) is 0 Å². The van der Waals surface area contributed by atoms with Gasteiger partial charge in [-0.1, -0.05) is 178 Å². The molecule has 5 heteroatoms. The predicted molar refractivity (Wildman–Crippen MR) is 286 cm³/mol. The van der Waals surface area contributed by atoms with E-state index in [1.807, 2.05) is 77.8 Å². The molecule has 0 bridgehead atoms. The lowest BCUT2D eigenvalue weighted by molar-refractivity contribution is 0.483. The van der Waals surface area contributed by atoms with Gasteiger partial charge < -0.3 is 4.74 Å². The van der Waals surface area contributed by atoms with Gasteiger partial charge in [-0.05, 0) is 121 Å². The van der Waals surface area contributed by atoms with Crippen LogP contribution in [0.5, 0.6) is 11.5 Å². The minimum Gasteiger partial charge on any atom is -0.458 e. The highest BCUT2D eigenvalue weighted by Gasteiger charge is 2.31. The van der Waals surface area contributed by atoms with Crippen molar-refractivity contribution in [2.45, 2.75) is 26.2 Å². The minimum atomic E-state index is -0.449. The molecule has 0 saturated carbocycles. The highest BCUT2D eigenvalue weighted by molar-refractivity contribution is 6.12. The molecule has 0 amide bonds. The third kappa shape index (κ3) is 6.69. The van der Waals surface area contributed by atoms with E-state index in [-0.39, 0.29) is 23.1 Å². The largest absolute Gasteiger partial charge is 0.458 e. The van der Waals surface area contributed by atoms with Crippen LogP contribution in [-0.4, -0.2) is 15.9 Å². The Labute approximate surface area is 409 Å². The van der Waals surface area contributed by atoms with Crippen LogP contribution in [0.1, 0.15) is 33.2 Å². The van der Waals surface area contributed by atoms with E-state index >= 15 is 0 Å². The topological polar surface area (TPSA) is 33.3 Å². The number of fused-ring (bicyclic) bond motifs is 12. The SMILES string of the molecule is [2H]c1c([2H])c([2H])c(-c2cccc3c2[N+]2=[C-]N(c4cccc(Oc5ccc6c7ccccc7n(-c7cc(C(C)(C)C)ccn7)c6c5)c4)c4ccccc4-c4cccc(c42)-c2ccccc2-c2ccccc2-3)c([2H])c1[2H]. The second-order valence-corrected chi connectivity index (χ2v) is 18.6. The number of rotatable bonds is 5. The molecule has 0 aliphatic carbocycles. The molecule has 0 spiro atoms. The Morgan fingerprint density at radius 2 is 1.07 bits per heavy atom. The molecule has 4 heterocycles. The van der Waals surface area contributed by atoms with Crippen molar-refractivity contribution in [2.75, 3.05) is 4.90 Å². The number of anilines is 2. The van der Waals surface area contributed by atoms with Crippen molar-refractivity contribution in [3.8, 4) is 73.0 Å². The molecule has 0 fully saturated rings. The Balaban J connectivity index is 1.04. The third-order valence-electron chi connectivity index (χ3n) is 13.4. The fourth-order valence-electron chi connectivity index (χ4n) is 10.3. The Morgan fingerprint density at radius 3 is 1.80 bits per heavy atom. The van der Waals surface area contributed by atoms with Crippen LogP contribution in [0.2, 0.25) is 0 Å². The molecule has 328 valence electrons. The van der Waals surface area contributed by atoms with E-state index in [0.29, 0.717) is 22.7 Å². The lowest BCUT2D eigenvalue weighted by Crippen LogP contribution is -2.22. The van der Waals surface area contributed by atoms with Crippen LogP contribution >= 0.6 is 0 Å². The lowest BCUT2D eigenvalue weighted by atomic mass is 9.88. The standard InChI is InChI=1S/C64H46N4O/c1-64(2,3)43-36-37-65-61(38-43)68-59-33-14-12-26-52(59)54-35-34-46(40-60(54)68)69-45-21-15-20-44(39-45)66-41-67-62-47(42-18-5-4-6-19-42)28-16-29-55(62)50-24-9-7-22-48(50)49-23-8-10-25-51(49)56-30-17-31-57(63(56)67)53-27-11-13-32-58(53)66/h4-40H,1-3H3/i4D,5D,6D,18D,19D. The van der Waals surface area contributed by atoms with Crippen LogP contribution in [0.15, 0.2) is 224 Å². The molecular formula is C64H46N4O. The summed E-state index contributed by atoms with van der Waals surface area (Å²) in [5.41, 5.74) is 14.3. The highest BCUT2D eigenvalue weighted by Crippen LogP contribution is 2.54. The van der Waals surface area contributed by atoms with Crippen molar-refractivity contribution in [2.24, 2.45) is 0 Å². The van der Waals surface area contributed by atoms with Gasteiger partial charge in [-0.15, -0.1) is 0 Å². The highest BCUT2D eigenvalue weighted by atomic mass is 16.5. The Hall–Kier alpha value is -8.80. The van der Waals surface area contributed by atoms with Crippen molar-refractivity contribution in [3.05, 3.63) is 230 Å². The number of hydrogen-bond donors (Lipinski definition) is 0. The zero-order valence-corrected chi connectivity index (χ0v) is 38.2. The normalized spacial score (nSPS) is 13.6. The summed E-state index contributed by atoms with van der Waals surface area (Å²) >= 11 is 0. The van der Waals surface area contributed by atoms with E-state index in [9.17, 15) is 2.74 Å². The number of ether oxygens (including phenoxy) is 1. The maximum atomic E-state index is 9.36. The van der Waals surface area contributed by atoms with Gasteiger partial charge in [0, 0.05) is 23.0 Å². The van der Waals surface area contributed by atoms with Crippen LogP contribution in [0.25, 0.3) is 83.3 Å². The van der Waals surface area contributed by atoms with Gasteiger partial charge in [-0.2, -0.15) is 0 Å². The summed E-state index contributed by atoms with van der Waals surface area (Å²) in [6, 6.07) is 62.1. The molecule has 0 unspecified atom stereocenters. The molecule has 2 aliphatic rings. The van der Waals surface area contributed by atoms with Crippen molar-refractivity contribution < 1.29 is 11.6 Å². The maximum absolute atomic E-state index is 9.36. The van der Waals surface area contributed by atoms with E-state index in [0.717, 1.165) is 89.2 Å². The van der Waals surface area contributed by atoms with Gasteiger partial charge in [0.05, 0.1) is 40.6 Å². The molecule has 2 aromatic heterocycles. The monoisotopic (exact) mass is 891 g/mol. The summed E-state index contributed by atoms with van der Waals surface area (Å²) < 4.78 is 56.1. The van der Waals surface area contributed by atoms with Gasteiger partial charge in [-0.25, -0.2) is 4.98 Å². The molecule has 2 aliphatic heterocycles. The average Bonchev–Trinajstić information content (AvgIpc) is 3.69. The zero-order valence-electron chi connectivity index (χ0n) is 43.2. The number of pyridine rings is 1. The number of benzene rings is 9. The van der Waals surface area contributed by atoms with Gasteiger partial charge in [0.25, 0.3) is 6.34 Å². The van der Waals surface area contributed by atoms with E-state index in [4.69, 9.17) is 13.8 Å². The Kier molecular flexibility index (Phi) is 8.17. The molecule has 13 rings (SSSR count). The second kappa shape index (κ2) is 15.9. The summed E-state index contributed by atoms with van der Waals surface area (Å²) in [6.07, 6.45) is 5.80.